The second kappa shape index (κ2) is 11.5. The molecule has 1 heterocycles. The fourth-order valence-electron chi connectivity index (χ4n) is 4.25. The fraction of sp³-hybridized carbons (Fsp3) is 0.310. The van der Waals surface area contributed by atoms with Gasteiger partial charge in [-0.2, -0.15) is 0 Å². The van der Waals surface area contributed by atoms with E-state index >= 15 is 0 Å². The number of phenolic OH excluding ortho intramolecular Hbond substituents is 1. The van der Waals surface area contributed by atoms with Crippen LogP contribution in [0.3, 0.4) is 0 Å². The summed E-state index contributed by atoms with van der Waals surface area (Å²) in [4.78, 5) is 0. The second-order valence-corrected chi connectivity index (χ2v) is 8.65. The average Bonchev–Trinajstić information content (AvgIpc) is 3.34. The molecule has 1 aliphatic heterocycles. The Bertz CT molecular complexity index is 972. The molecule has 1 saturated heterocycles. The lowest BCUT2D eigenvalue weighted by Crippen LogP contribution is -2.23. The van der Waals surface area contributed by atoms with E-state index in [2.05, 4.69) is 66.0 Å². The molecule has 0 aromatic heterocycles. The van der Waals surface area contributed by atoms with Gasteiger partial charge in [-0.25, -0.2) is 0 Å². The largest absolute Gasteiger partial charge is 0.508 e. The van der Waals surface area contributed by atoms with E-state index in [1.54, 1.807) is 12.1 Å². The van der Waals surface area contributed by atoms with Gasteiger partial charge in [-0.1, -0.05) is 66.2 Å². The lowest BCUT2D eigenvalue weighted by atomic mass is 9.96. The van der Waals surface area contributed by atoms with Gasteiger partial charge in [-0.15, -0.1) is 0 Å². The van der Waals surface area contributed by atoms with Gasteiger partial charge >= 0.3 is 0 Å². The van der Waals surface area contributed by atoms with Crippen molar-refractivity contribution in [1.82, 2.24) is 5.32 Å². The Labute approximate surface area is 191 Å². The van der Waals surface area contributed by atoms with Crippen molar-refractivity contribution in [3.05, 3.63) is 107 Å². The van der Waals surface area contributed by atoms with Crippen molar-refractivity contribution in [1.29, 1.82) is 0 Å². The first kappa shape index (κ1) is 22.2. The second-order valence-electron chi connectivity index (χ2n) is 8.65. The van der Waals surface area contributed by atoms with Gasteiger partial charge in [-0.3, -0.25) is 0 Å². The molecule has 2 N–H and O–H groups in total. The molecule has 0 radical (unpaired) electrons. The summed E-state index contributed by atoms with van der Waals surface area (Å²) in [6.07, 6.45) is 8.68. The van der Waals surface area contributed by atoms with E-state index in [-0.39, 0.29) is 0 Å². The standard InChI is InChI=1S/C29H33NO2/c31-28-14-10-25(11-15-28)22-26(21-24-5-2-1-3-6-24)9-8-23-12-16-29(17-13-23)32-20-18-27-7-4-19-30-27/h1-3,5-6,9-17,27,30-31H,4,7-8,18-22H2. The SMILES string of the molecule is Oc1ccc(CC(=CCc2ccc(OCCC3CCCN3)cc2)Cc2ccccc2)cc1. The van der Waals surface area contributed by atoms with Crippen molar-refractivity contribution in [2.24, 2.45) is 0 Å². The molecule has 0 aliphatic carbocycles. The van der Waals surface area contributed by atoms with Crippen LogP contribution in [-0.2, 0) is 19.3 Å². The van der Waals surface area contributed by atoms with Crippen molar-refractivity contribution in [3.8, 4) is 11.5 Å². The zero-order valence-corrected chi connectivity index (χ0v) is 18.7. The van der Waals surface area contributed by atoms with Crippen LogP contribution in [0.1, 0.15) is 36.0 Å². The van der Waals surface area contributed by atoms with Crippen molar-refractivity contribution < 1.29 is 9.84 Å². The highest BCUT2D eigenvalue weighted by Gasteiger charge is 2.13. The molecule has 1 unspecified atom stereocenters. The molecule has 3 aromatic carbocycles. The van der Waals surface area contributed by atoms with Gasteiger partial charge in [0, 0.05) is 6.04 Å². The average molecular weight is 428 g/mol. The van der Waals surface area contributed by atoms with Crippen molar-refractivity contribution >= 4 is 0 Å². The molecular formula is C29H33NO2. The molecule has 0 saturated carbocycles. The summed E-state index contributed by atoms with van der Waals surface area (Å²) in [5.74, 6) is 1.26. The molecule has 1 fully saturated rings. The lowest BCUT2D eigenvalue weighted by Gasteiger charge is -2.12. The van der Waals surface area contributed by atoms with E-state index in [0.29, 0.717) is 11.8 Å². The van der Waals surface area contributed by atoms with Crippen LogP contribution in [0.2, 0.25) is 0 Å². The van der Waals surface area contributed by atoms with E-state index in [1.165, 1.54) is 35.1 Å². The van der Waals surface area contributed by atoms with Gasteiger partial charge in [0.2, 0.25) is 0 Å². The summed E-state index contributed by atoms with van der Waals surface area (Å²) in [5, 5.41) is 13.1. The van der Waals surface area contributed by atoms with Crippen molar-refractivity contribution in [2.75, 3.05) is 13.2 Å². The summed E-state index contributed by atoms with van der Waals surface area (Å²) in [5.41, 5.74) is 5.20. The third kappa shape index (κ3) is 7.00. The normalized spacial score (nSPS) is 16.2. The summed E-state index contributed by atoms with van der Waals surface area (Å²) < 4.78 is 5.94. The molecule has 3 heteroatoms. The van der Waals surface area contributed by atoms with Crippen molar-refractivity contribution in [3.63, 3.8) is 0 Å². The van der Waals surface area contributed by atoms with E-state index in [0.717, 1.165) is 44.6 Å². The predicted octanol–water partition coefficient (Wildman–Crippen LogP) is 5.87. The molecule has 0 spiro atoms. The number of nitrogens with one attached hydrogen (secondary N) is 1. The molecule has 0 bridgehead atoms. The minimum absolute atomic E-state index is 0.309. The van der Waals surface area contributed by atoms with Crippen LogP contribution in [0.25, 0.3) is 0 Å². The van der Waals surface area contributed by atoms with Gasteiger partial charge < -0.3 is 15.2 Å². The summed E-state index contributed by atoms with van der Waals surface area (Å²) in [6.45, 7) is 1.91. The number of ether oxygens (including phenoxy) is 1. The van der Waals surface area contributed by atoms with E-state index < -0.39 is 0 Å². The molecule has 1 atom stereocenters. The van der Waals surface area contributed by atoms with Crippen LogP contribution in [0.15, 0.2) is 90.5 Å². The highest BCUT2D eigenvalue weighted by atomic mass is 16.5. The molecule has 3 nitrogen and oxygen atoms in total. The van der Waals surface area contributed by atoms with Crippen LogP contribution in [0.4, 0.5) is 0 Å². The van der Waals surface area contributed by atoms with Crippen LogP contribution >= 0.6 is 0 Å². The van der Waals surface area contributed by atoms with Crippen LogP contribution in [0, 0.1) is 0 Å². The quantitative estimate of drug-likeness (QED) is 0.398. The van der Waals surface area contributed by atoms with Crippen molar-refractivity contribution in [2.45, 2.75) is 44.6 Å². The summed E-state index contributed by atoms with van der Waals surface area (Å²) in [7, 11) is 0. The smallest absolute Gasteiger partial charge is 0.119 e. The van der Waals surface area contributed by atoms with Gasteiger partial charge in [0.25, 0.3) is 0 Å². The van der Waals surface area contributed by atoms with Crippen LogP contribution in [-0.4, -0.2) is 24.3 Å². The zero-order valence-electron chi connectivity index (χ0n) is 18.7. The van der Waals surface area contributed by atoms with Gasteiger partial charge in [0.15, 0.2) is 0 Å². The third-order valence-corrected chi connectivity index (χ3v) is 6.09. The maximum atomic E-state index is 9.58. The van der Waals surface area contributed by atoms with Gasteiger partial charge in [0.05, 0.1) is 6.61 Å². The summed E-state index contributed by atoms with van der Waals surface area (Å²) >= 11 is 0. The van der Waals surface area contributed by atoms with Gasteiger partial charge in [-0.05, 0) is 86.0 Å². The molecule has 4 rings (SSSR count). The minimum Gasteiger partial charge on any atom is -0.508 e. The molecule has 0 amide bonds. The predicted molar refractivity (Wildman–Crippen MR) is 131 cm³/mol. The highest BCUT2D eigenvalue weighted by Crippen LogP contribution is 2.19. The number of aromatic hydroxyl groups is 1. The fourth-order valence-corrected chi connectivity index (χ4v) is 4.25. The zero-order chi connectivity index (χ0) is 22.0. The van der Waals surface area contributed by atoms with E-state index in [4.69, 9.17) is 4.74 Å². The van der Waals surface area contributed by atoms with E-state index in [1.807, 2.05) is 12.1 Å². The topological polar surface area (TPSA) is 41.5 Å². The Morgan fingerprint density at radius 3 is 2.25 bits per heavy atom. The van der Waals surface area contributed by atoms with Gasteiger partial charge in [0.1, 0.15) is 11.5 Å². The Balaban J connectivity index is 1.36. The number of allylic oxidation sites excluding steroid dienone is 2. The highest BCUT2D eigenvalue weighted by molar-refractivity contribution is 5.33. The van der Waals surface area contributed by atoms with Crippen LogP contribution < -0.4 is 10.1 Å². The summed E-state index contributed by atoms with van der Waals surface area (Å²) in [6, 6.07) is 27.2. The lowest BCUT2D eigenvalue weighted by molar-refractivity contribution is 0.292. The maximum absolute atomic E-state index is 9.58. The molecule has 1 aliphatic rings. The first-order valence-electron chi connectivity index (χ1n) is 11.7. The first-order valence-corrected chi connectivity index (χ1v) is 11.7. The number of rotatable bonds is 10. The van der Waals surface area contributed by atoms with E-state index in [9.17, 15) is 5.11 Å². The number of hydrogen-bond acceptors (Lipinski definition) is 3. The number of phenols is 1. The Morgan fingerprint density at radius 1 is 0.875 bits per heavy atom. The Morgan fingerprint density at radius 2 is 1.56 bits per heavy atom. The Hall–Kier alpha value is -3.04. The Kier molecular flexibility index (Phi) is 7.99. The third-order valence-electron chi connectivity index (χ3n) is 6.09. The molecular weight excluding hydrogens is 394 g/mol. The monoisotopic (exact) mass is 427 g/mol. The number of benzene rings is 3. The van der Waals surface area contributed by atoms with Crippen LogP contribution in [0.5, 0.6) is 11.5 Å². The molecule has 32 heavy (non-hydrogen) atoms. The first-order chi connectivity index (χ1) is 15.7. The number of hydrogen-bond donors (Lipinski definition) is 2. The molecule has 166 valence electrons. The maximum Gasteiger partial charge on any atom is 0.119 e. The molecule has 3 aromatic rings. The minimum atomic E-state index is 0.309.